The Bertz CT molecular complexity index is 1080. The molecule has 6 N–H and O–H groups in total. The first-order valence-corrected chi connectivity index (χ1v) is 11.2. The Hall–Kier alpha value is -3.48. The van der Waals surface area contributed by atoms with Crippen LogP contribution in [0.25, 0.3) is 22.6 Å². The summed E-state index contributed by atoms with van der Waals surface area (Å²) in [6.45, 7) is 0. The van der Waals surface area contributed by atoms with Crippen molar-refractivity contribution in [3.05, 3.63) is 120 Å². The highest BCUT2D eigenvalue weighted by atomic mass is 16.3. The van der Waals surface area contributed by atoms with Crippen molar-refractivity contribution in [2.45, 2.75) is 24.4 Å². The van der Waals surface area contributed by atoms with E-state index in [1.165, 1.54) is 0 Å². The molecule has 0 saturated carbocycles. The number of nitrogens with two attached hydrogens (primary N) is 2. The minimum Gasteiger partial charge on any atom is -0.456 e. The molecule has 1 heterocycles. The van der Waals surface area contributed by atoms with E-state index in [1.807, 2.05) is 85.0 Å². The predicted molar refractivity (Wildman–Crippen MR) is 134 cm³/mol. The van der Waals surface area contributed by atoms with Crippen LogP contribution in [0.3, 0.4) is 0 Å². The van der Waals surface area contributed by atoms with Gasteiger partial charge in [-0.15, -0.1) is 0 Å². The lowest BCUT2D eigenvalue weighted by Gasteiger charge is -2.17. The van der Waals surface area contributed by atoms with Crippen LogP contribution in [-0.2, 0) is 0 Å². The van der Waals surface area contributed by atoms with Crippen molar-refractivity contribution in [1.82, 2.24) is 10.6 Å². The molecule has 5 rings (SSSR count). The summed E-state index contributed by atoms with van der Waals surface area (Å²) in [5, 5.41) is 6.75. The van der Waals surface area contributed by atoms with Gasteiger partial charge in [-0.2, -0.15) is 0 Å². The van der Waals surface area contributed by atoms with Gasteiger partial charge in [0, 0.05) is 23.2 Å². The van der Waals surface area contributed by atoms with Crippen molar-refractivity contribution in [2.24, 2.45) is 11.5 Å². The Morgan fingerprint density at radius 1 is 0.545 bits per heavy atom. The first-order valence-electron chi connectivity index (χ1n) is 11.2. The first-order chi connectivity index (χ1) is 16.2. The van der Waals surface area contributed by atoms with Crippen molar-refractivity contribution in [2.75, 3.05) is 0 Å². The van der Waals surface area contributed by atoms with E-state index >= 15 is 0 Å². The summed E-state index contributed by atoms with van der Waals surface area (Å²) in [4.78, 5) is 0. The summed E-state index contributed by atoms with van der Waals surface area (Å²) in [6.07, 6.45) is 15.9. The second kappa shape index (κ2) is 9.57. The van der Waals surface area contributed by atoms with E-state index in [4.69, 9.17) is 15.9 Å². The van der Waals surface area contributed by atoms with E-state index in [0.717, 1.165) is 33.8 Å². The lowest BCUT2D eigenvalue weighted by atomic mass is 10.1. The van der Waals surface area contributed by atoms with Gasteiger partial charge in [-0.1, -0.05) is 97.1 Å². The molecule has 0 spiro atoms. The number of benzene rings is 2. The molecular formula is C28H28N4O. The summed E-state index contributed by atoms with van der Waals surface area (Å²) in [5.41, 5.74) is 16.7. The van der Waals surface area contributed by atoms with Crippen molar-refractivity contribution < 1.29 is 4.42 Å². The van der Waals surface area contributed by atoms with Gasteiger partial charge >= 0.3 is 0 Å². The minimum absolute atomic E-state index is 0.181. The zero-order chi connectivity index (χ0) is 22.6. The van der Waals surface area contributed by atoms with Crippen LogP contribution in [0, 0.1) is 0 Å². The third-order valence-corrected chi connectivity index (χ3v) is 5.95. The van der Waals surface area contributed by atoms with Crippen molar-refractivity contribution in [1.29, 1.82) is 0 Å². The maximum atomic E-state index is 6.30. The Kier molecular flexibility index (Phi) is 6.19. The average molecular weight is 437 g/mol. The van der Waals surface area contributed by atoms with Crippen molar-refractivity contribution >= 4 is 0 Å². The van der Waals surface area contributed by atoms with Gasteiger partial charge in [-0.3, -0.25) is 10.6 Å². The van der Waals surface area contributed by atoms with E-state index in [9.17, 15) is 0 Å². The summed E-state index contributed by atoms with van der Waals surface area (Å²) < 4.78 is 6.14. The van der Waals surface area contributed by atoms with E-state index < -0.39 is 0 Å². The van der Waals surface area contributed by atoms with Gasteiger partial charge in [0.2, 0.25) is 0 Å². The number of nitrogens with one attached hydrogen (secondary N) is 2. The summed E-state index contributed by atoms with van der Waals surface area (Å²) >= 11 is 0. The van der Waals surface area contributed by atoms with E-state index in [1.54, 1.807) is 0 Å². The molecule has 33 heavy (non-hydrogen) atoms. The molecule has 2 aromatic carbocycles. The molecule has 0 fully saturated rings. The molecular weight excluding hydrogens is 408 g/mol. The van der Waals surface area contributed by atoms with E-state index in [0.29, 0.717) is 0 Å². The number of furan rings is 1. The highest BCUT2D eigenvalue weighted by Gasteiger charge is 2.14. The Morgan fingerprint density at radius 2 is 0.909 bits per heavy atom. The Balaban J connectivity index is 1.24. The lowest BCUT2D eigenvalue weighted by molar-refractivity contribution is 0.544. The van der Waals surface area contributed by atoms with Gasteiger partial charge < -0.3 is 15.9 Å². The maximum absolute atomic E-state index is 6.30. The minimum atomic E-state index is -0.233. The topological polar surface area (TPSA) is 89.2 Å². The Labute approximate surface area is 194 Å². The van der Waals surface area contributed by atoms with Gasteiger partial charge in [-0.05, 0) is 23.3 Å². The van der Waals surface area contributed by atoms with Crippen LogP contribution in [0.15, 0.2) is 114 Å². The molecule has 2 aliphatic rings. The normalized spacial score (nSPS) is 17.3. The summed E-state index contributed by atoms with van der Waals surface area (Å²) in [5.74, 6) is 1.64. The van der Waals surface area contributed by atoms with E-state index in [2.05, 4.69) is 34.9 Å². The number of hydrogen-bond acceptors (Lipinski definition) is 5. The summed E-state index contributed by atoms with van der Waals surface area (Å²) in [6, 6.07) is 20.7. The zero-order valence-corrected chi connectivity index (χ0v) is 18.3. The molecule has 5 nitrogen and oxygen atoms in total. The molecule has 166 valence electrons. The van der Waals surface area contributed by atoms with Gasteiger partial charge in [0.15, 0.2) is 0 Å². The molecule has 2 unspecified atom stereocenters. The third-order valence-electron chi connectivity index (χ3n) is 5.95. The van der Waals surface area contributed by atoms with Crippen LogP contribution in [0.4, 0.5) is 0 Å². The lowest BCUT2D eigenvalue weighted by Crippen LogP contribution is -2.34. The average Bonchev–Trinajstić information content (AvgIpc) is 3.62. The monoisotopic (exact) mass is 436 g/mol. The molecule has 2 atom stereocenters. The van der Waals surface area contributed by atoms with Gasteiger partial charge in [0.05, 0.1) is 12.3 Å². The SMILES string of the molecule is NC(NC1C=CC=C1)c1ccc(-c2ccc(-c3ccc(C(N)NC4C=CC=C4)cc3)o2)cc1. The molecule has 0 aliphatic heterocycles. The summed E-state index contributed by atoms with van der Waals surface area (Å²) in [7, 11) is 0. The smallest absolute Gasteiger partial charge is 0.134 e. The third kappa shape index (κ3) is 4.97. The molecule has 5 heteroatoms. The van der Waals surface area contributed by atoms with Crippen LogP contribution in [0.1, 0.15) is 23.5 Å². The number of allylic oxidation sites excluding steroid dienone is 4. The molecule has 2 aliphatic carbocycles. The first kappa shape index (κ1) is 21.4. The zero-order valence-electron chi connectivity index (χ0n) is 18.3. The van der Waals surface area contributed by atoms with Gasteiger partial charge in [0.25, 0.3) is 0 Å². The van der Waals surface area contributed by atoms with Gasteiger partial charge in [-0.25, -0.2) is 0 Å². The van der Waals surface area contributed by atoms with Gasteiger partial charge in [0.1, 0.15) is 11.5 Å². The fraction of sp³-hybridized carbons (Fsp3) is 0.143. The molecule has 0 amide bonds. The van der Waals surface area contributed by atoms with Crippen LogP contribution in [0.5, 0.6) is 0 Å². The maximum Gasteiger partial charge on any atom is 0.134 e. The number of hydrogen-bond donors (Lipinski definition) is 4. The highest BCUT2D eigenvalue weighted by molar-refractivity contribution is 5.65. The van der Waals surface area contributed by atoms with Crippen LogP contribution < -0.4 is 22.1 Å². The second-order valence-corrected chi connectivity index (χ2v) is 8.29. The van der Waals surface area contributed by atoms with Crippen LogP contribution in [-0.4, -0.2) is 12.1 Å². The van der Waals surface area contributed by atoms with E-state index in [-0.39, 0.29) is 24.4 Å². The van der Waals surface area contributed by atoms with Crippen molar-refractivity contribution in [3.63, 3.8) is 0 Å². The molecule has 0 bridgehead atoms. The standard InChI is InChI=1S/C28H28N4O/c29-27(31-23-5-1-2-6-23)21-13-9-19(10-14-21)25-17-18-26(33-25)20-11-15-22(16-12-20)28(30)32-24-7-3-4-8-24/h1-18,23-24,27-28,31-32H,29-30H2. The Morgan fingerprint density at radius 3 is 1.27 bits per heavy atom. The second-order valence-electron chi connectivity index (χ2n) is 8.29. The van der Waals surface area contributed by atoms with Crippen LogP contribution in [0.2, 0.25) is 0 Å². The number of rotatable bonds is 8. The molecule has 0 radical (unpaired) electrons. The predicted octanol–water partition coefficient (Wildman–Crippen LogP) is 4.70. The largest absolute Gasteiger partial charge is 0.456 e. The van der Waals surface area contributed by atoms with Crippen LogP contribution >= 0.6 is 0 Å². The molecule has 0 saturated heterocycles. The quantitative estimate of drug-likeness (QED) is 0.385. The molecule has 1 aromatic heterocycles. The molecule has 3 aromatic rings. The fourth-order valence-corrected chi connectivity index (χ4v) is 4.05. The fourth-order valence-electron chi connectivity index (χ4n) is 4.05. The highest BCUT2D eigenvalue weighted by Crippen LogP contribution is 2.29. The van der Waals surface area contributed by atoms with Crippen molar-refractivity contribution in [3.8, 4) is 22.6 Å².